The second-order valence-corrected chi connectivity index (χ2v) is 10.4. The van der Waals surface area contributed by atoms with Crippen LogP contribution in [0.15, 0.2) is 48.5 Å². The monoisotopic (exact) mass is 464 g/mol. The van der Waals surface area contributed by atoms with Crippen LogP contribution in [-0.4, -0.2) is 53.6 Å². The van der Waals surface area contributed by atoms with Crippen molar-refractivity contribution >= 4 is 5.91 Å². The maximum absolute atomic E-state index is 13.3. The number of aromatic hydroxyl groups is 1. The largest absolute Gasteiger partial charge is 0.504 e. The molecule has 0 radical (unpaired) electrons. The maximum atomic E-state index is 13.3. The summed E-state index contributed by atoms with van der Waals surface area (Å²) in [6.07, 6.45) is 6.03. The molecule has 2 unspecified atom stereocenters. The summed E-state index contributed by atoms with van der Waals surface area (Å²) in [5, 5.41) is 9.97. The molecule has 0 bridgehead atoms. The first-order chi connectivity index (χ1) is 16.5. The predicted octanol–water partition coefficient (Wildman–Crippen LogP) is 5.43. The van der Waals surface area contributed by atoms with Crippen molar-refractivity contribution in [1.29, 1.82) is 0 Å². The van der Waals surface area contributed by atoms with Crippen LogP contribution in [0.1, 0.15) is 63.0 Å². The molecule has 2 fully saturated rings. The van der Waals surface area contributed by atoms with Crippen molar-refractivity contribution in [3.05, 3.63) is 59.7 Å². The zero-order valence-corrected chi connectivity index (χ0v) is 21.0. The van der Waals surface area contributed by atoms with Gasteiger partial charge in [-0.25, -0.2) is 0 Å². The molecule has 5 nitrogen and oxygen atoms in total. The number of rotatable bonds is 8. The molecular formula is C29H40N2O3. The summed E-state index contributed by atoms with van der Waals surface area (Å²) in [7, 11) is 1.59. The summed E-state index contributed by atoms with van der Waals surface area (Å²) in [6, 6.07) is 16.8. The van der Waals surface area contributed by atoms with E-state index in [1.807, 2.05) is 26.0 Å². The van der Waals surface area contributed by atoms with Crippen molar-refractivity contribution in [2.75, 3.05) is 26.7 Å². The van der Waals surface area contributed by atoms with Gasteiger partial charge in [-0.1, -0.05) is 69.5 Å². The standard InChI is InChI=1S/C29H40N2O3/c1-21(2)29(33)31(25-12-8-5-9-13-25)19-24-18-30(20-26(24)23-10-6-4-7-11-23)17-22-14-15-27(32)28(16-22)34-3/h4,6-7,10-11,14-16,21,24-26,32H,5,8-9,12-13,17-20H2,1-3H3. The van der Waals surface area contributed by atoms with E-state index in [-0.39, 0.29) is 11.7 Å². The molecule has 1 heterocycles. The summed E-state index contributed by atoms with van der Waals surface area (Å²) >= 11 is 0. The van der Waals surface area contributed by atoms with E-state index >= 15 is 0 Å². The highest BCUT2D eigenvalue weighted by Gasteiger charge is 2.38. The molecule has 2 aromatic carbocycles. The van der Waals surface area contributed by atoms with Crippen molar-refractivity contribution in [3.8, 4) is 11.5 Å². The van der Waals surface area contributed by atoms with Gasteiger partial charge in [0.15, 0.2) is 11.5 Å². The lowest BCUT2D eigenvalue weighted by molar-refractivity contribution is -0.138. The predicted molar refractivity (Wildman–Crippen MR) is 136 cm³/mol. The fraction of sp³-hybridized carbons (Fsp3) is 0.552. The minimum atomic E-state index is 0.0269. The van der Waals surface area contributed by atoms with E-state index in [4.69, 9.17) is 4.74 Å². The molecular weight excluding hydrogens is 424 g/mol. The number of phenols is 1. The molecule has 1 aliphatic heterocycles. The van der Waals surface area contributed by atoms with Crippen LogP contribution in [0.5, 0.6) is 11.5 Å². The smallest absolute Gasteiger partial charge is 0.225 e. The lowest BCUT2D eigenvalue weighted by Crippen LogP contribution is -2.47. The second kappa shape index (κ2) is 11.3. The molecule has 1 saturated heterocycles. The van der Waals surface area contributed by atoms with Crippen LogP contribution < -0.4 is 4.74 Å². The minimum absolute atomic E-state index is 0.0269. The number of phenolic OH excluding ortho intramolecular Hbond substituents is 1. The van der Waals surface area contributed by atoms with Crippen molar-refractivity contribution in [3.63, 3.8) is 0 Å². The Kier molecular flexibility index (Phi) is 8.15. The average Bonchev–Trinajstić information content (AvgIpc) is 3.26. The summed E-state index contributed by atoms with van der Waals surface area (Å²) < 4.78 is 5.32. The van der Waals surface area contributed by atoms with Crippen LogP contribution in [-0.2, 0) is 11.3 Å². The molecule has 4 rings (SSSR count). The van der Waals surface area contributed by atoms with E-state index in [9.17, 15) is 9.90 Å². The van der Waals surface area contributed by atoms with Crippen LogP contribution in [0.3, 0.4) is 0 Å². The topological polar surface area (TPSA) is 53.0 Å². The van der Waals surface area contributed by atoms with Gasteiger partial charge in [0.1, 0.15) is 0 Å². The Labute approximate surface area is 204 Å². The maximum Gasteiger partial charge on any atom is 0.225 e. The summed E-state index contributed by atoms with van der Waals surface area (Å²) in [5.74, 6) is 1.80. The lowest BCUT2D eigenvalue weighted by atomic mass is 9.86. The van der Waals surface area contributed by atoms with Crippen molar-refractivity contribution < 1.29 is 14.6 Å². The van der Waals surface area contributed by atoms with Crippen LogP contribution in [0.4, 0.5) is 0 Å². The zero-order valence-electron chi connectivity index (χ0n) is 21.0. The fourth-order valence-electron chi connectivity index (χ4n) is 5.83. The van der Waals surface area contributed by atoms with Gasteiger partial charge < -0.3 is 14.7 Å². The molecule has 2 atom stereocenters. The Morgan fingerprint density at radius 3 is 2.50 bits per heavy atom. The number of nitrogens with zero attached hydrogens (tertiary/aromatic N) is 2. The van der Waals surface area contributed by atoms with Crippen LogP contribution in [0.2, 0.25) is 0 Å². The molecule has 0 aromatic heterocycles. The van der Waals surface area contributed by atoms with Gasteiger partial charge >= 0.3 is 0 Å². The van der Waals surface area contributed by atoms with Gasteiger partial charge in [0.25, 0.3) is 0 Å². The minimum Gasteiger partial charge on any atom is -0.504 e. The number of hydrogen-bond acceptors (Lipinski definition) is 4. The van der Waals surface area contributed by atoms with E-state index in [1.165, 1.54) is 24.8 Å². The molecule has 1 N–H and O–H groups in total. The number of amides is 1. The first-order valence-electron chi connectivity index (χ1n) is 12.9. The zero-order chi connectivity index (χ0) is 24.1. The van der Waals surface area contributed by atoms with E-state index in [1.54, 1.807) is 13.2 Å². The number of likely N-dealkylation sites (tertiary alicyclic amines) is 1. The normalized spacial score (nSPS) is 21.6. The van der Waals surface area contributed by atoms with Gasteiger partial charge in [0.05, 0.1) is 7.11 Å². The number of methoxy groups -OCH3 is 1. The van der Waals surface area contributed by atoms with E-state index in [2.05, 4.69) is 40.1 Å². The van der Waals surface area contributed by atoms with Crippen LogP contribution in [0, 0.1) is 11.8 Å². The molecule has 2 aromatic rings. The molecule has 0 spiro atoms. The highest BCUT2D eigenvalue weighted by atomic mass is 16.5. The van der Waals surface area contributed by atoms with Crippen molar-refractivity contribution in [2.24, 2.45) is 11.8 Å². The highest BCUT2D eigenvalue weighted by molar-refractivity contribution is 5.78. The van der Waals surface area contributed by atoms with Gasteiger partial charge in [0.2, 0.25) is 5.91 Å². The Bertz CT molecular complexity index is 940. The number of carbonyl (C=O) groups excluding carboxylic acids is 1. The second-order valence-electron chi connectivity index (χ2n) is 10.4. The van der Waals surface area contributed by atoms with Crippen molar-refractivity contribution in [2.45, 2.75) is 64.5 Å². The Balaban J connectivity index is 1.55. The van der Waals surface area contributed by atoms with Gasteiger partial charge in [-0.3, -0.25) is 9.69 Å². The summed E-state index contributed by atoms with van der Waals surface area (Å²) in [6.45, 7) is 7.62. The van der Waals surface area contributed by atoms with Crippen LogP contribution >= 0.6 is 0 Å². The fourth-order valence-corrected chi connectivity index (χ4v) is 5.83. The first-order valence-corrected chi connectivity index (χ1v) is 12.9. The van der Waals surface area contributed by atoms with E-state index in [0.717, 1.165) is 44.6 Å². The molecule has 1 aliphatic carbocycles. The highest BCUT2D eigenvalue weighted by Crippen LogP contribution is 2.36. The molecule has 184 valence electrons. The van der Waals surface area contributed by atoms with Gasteiger partial charge in [0, 0.05) is 44.1 Å². The number of ether oxygens (including phenoxy) is 1. The number of benzene rings is 2. The molecule has 1 amide bonds. The van der Waals surface area contributed by atoms with Crippen LogP contribution in [0.25, 0.3) is 0 Å². The Morgan fingerprint density at radius 1 is 1.09 bits per heavy atom. The number of carbonyl (C=O) groups is 1. The lowest BCUT2D eigenvalue weighted by Gasteiger charge is -2.38. The third-order valence-corrected chi connectivity index (χ3v) is 7.62. The van der Waals surface area contributed by atoms with Gasteiger partial charge in [-0.15, -0.1) is 0 Å². The Morgan fingerprint density at radius 2 is 1.82 bits per heavy atom. The SMILES string of the molecule is COc1cc(CN2CC(CN(C(=O)C(C)C)C3CCCCC3)C(c3ccccc3)C2)ccc1O. The molecule has 34 heavy (non-hydrogen) atoms. The summed E-state index contributed by atoms with van der Waals surface area (Å²) in [5.41, 5.74) is 2.49. The molecule has 5 heteroatoms. The third-order valence-electron chi connectivity index (χ3n) is 7.62. The first kappa shape index (κ1) is 24.6. The average molecular weight is 465 g/mol. The third kappa shape index (κ3) is 5.75. The van der Waals surface area contributed by atoms with Crippen molar-refractivity contribution in [1.82, 2.24) is 9.80 Å². The summed E-state index contributed by atoms with van der Waals surface area (Å²) in [4.78, 5) is 18.1. The number of hydrogen-bond donors (Lipinski definition) is 1. The van der Waals surface area contributed by atoms with E-state index < -0.39 is 0 Å². The van der Waals surface area contributed by atoms with Gasteiger partial charge in [-0.2, -0.15) is 0 Å². The molecule has 2 aliphatic rings. The quantitative estimate of drug-likeness (QED) is 0.566. The molecule has 1 saturated carbocycles. The van der Waals surface area contributed by atoms with E-state index in [0.29, 0.717) is 29.5 Å². The Hall–Kier alpha value is -2.53. The van der Waals surface area contributed by atoms with Gasteiger partial charge in [-0.05, 0) is 42.0 Å².